The SMILES string of the molecule is CC(=O)NCCCCCc1nc2ccccc2n1CCCOc1ccccc1. The van der Waals surface area contributed by atoms with E-state index < -0.39 is 0 Å². The average molecular weight is 380 g/mol. The maximum Gasteiger partial charge on any atom is 0.216 e. The second kappa shape index (κ2) is 10.5. The fourth-order valence-electron chi connectivity index (χ4n) is 3.34. The number of nitrogens with zero attached hydrogens (tertiary/aromatic N) is 2. The third-order valence-electron chi connectivity index (χ3n) is 4.72. The standard InChI is InChI=1S/C23H29N3O2/c1-19(27)24-16-9-3-6-15-23-25-21-13-7-8-14-22(21)26(23)17-10-18-28-20-11-4-2-5-12-20/h2,4-5,7-8,11-14H,3,6,9-10,15-18H2,1H3,(H,24,27). The molecule has 148 valence electrons. The van der Waals surface area contributed by atoms with Crippen LogP contribution in [0.3, 0.4) is 0 Å². The molecule has 0 unspecified atom stereocenters. The van der Waals surface area contributed by atoms with Crippen LogP contribution in [0.5, 0.6) is 5.75 Å². The van der Waals surface area contributed by atoms with Crippen molar-refractivity contribution in [3.05, 3.63) is 60.4 Å². The summed E-state index contributed by atoms with van der Waals surface area (Å²) in [5, 5.41) is 2.85. The van der Waals surface area contributed by atoms with Crippen LogP contribution in [0.25, 0.3) is 11.0 Å². The van der Waals surface area contributed by atoms with Crippen molar-refractivity contribution < 1.29 is 9.53 Å². The first-order valence-electron chi connectivity index (χ1n) is 10.1. The molecule has 3 aromatic rings. The van der Waals surface area contributed by atoms with Gasteiger partial charge in [-0.1, -0.05) is 36.8 Å². The molecule has 0 fully saturated rings. The molecule has 0 atom stereocenters. The zero-order chi connectivity index (χ0) is 19.6. The van der Waals surface area contributed by atoms with Crippen LogP contribution in [-0.2, 0) is 17.8 Å². The van der Waals surface area contributed by atoms with Gasteiger partial charge in [0.05, 0.1) is 17.6 Å². The summed E-state index contributed by atoms with van der Waals surface area (Å²) in [6.07, 6.45) is 5.05. The van der Waals surface area contributed by atoms with Crippen LogP contribution in [-0.4, -0.2) is 28.6 Å². The highest BCUT2D eigenvalue weighted by Gasteiger charge is 2.10. The van der Waals surface area contributed by atoms with Crippen molar-refractivity contribution in [2.45, 2.75) is 45.6 Å². The average Bonchev–Trinajstić information content (AvgIpc) is 3.06. The summed E-state index contributed by atoms with van der Waals surface area (Å²) in [5.74, 6) is 2.09. The van der Waals surface area contributed by atoms with Gasteiger partial charge < -0.3 is 14.6 Å². The second-order valence-corrected chi connectivity index (χ2v) is 6.98. The van der Waals surface area contributed by atoms with E-state index >= 15 is 0 Å². The van der Waals surface area contributed by atoms with Crippen molar-refractivity contribution >= 4 is 16.9 Å². The van der Waals surface area contributed by atoms with Crippen LogP contribution in [0.4, 0.5) is 0 Å². The molecule has 5 nitrogen and oxygen atoms in total. The number of fused-ring (bicyclic) bond motifs is 1. The summed E-state index contributed by atoms with van der Waals surface area (Å²) in [7, 11) is 0. The van der Waals surface area contributed by atoms with Gasteiger partial charge in [-0.3, -0.25) is 4.79 Å². The summed E-state index contributed by atoms with van der Waals surface area (Å²) in [5.41, 5.74) is 2.25. The zero-order valence-corrected chi connectivity index (χ0v) is 16.6. The van der Waals surface area contributed by atoms with Crippen molar-refractivity contribution in [3.8, 4) is 5.75 Å². The molecule has 1 heterocycles. The lowest BCUT2D eigenvalue weighted by atomic mass is 10.2. The van der Waals surface area contributed by atoms with E-state index in [2.05, 4.69) is 28.1 Å². The fraction of sp³-hybridized carbons (Fsp3) is 0.391. The molecule has 2 aromatic carbocycles. The molecule has 1 amide bonds. The normalized spacial score (nSPS) is 10.9. The lowest BCUT2D eigenvalue weighted by molar-refractivity contribution is -0.118. The Morgan fingerprint density at radius 1 is 1.00 bits per heavy atom. The molecule has 0 aliphatic rings. The van der Waals surface area contributed by atoms with Gasteiger partial charge in [0, 0.05) is 26.4 Å². The molecule has 28 heavy (non-hydrogen) atoms. The van der Waals surface area contributed by atoms with Gasteiger partial charge in [-0.25, -0.2) is 4.98 Å². The lowest BCUT2D eigenvalue weighted by Crippen LogP contribution is -2.20. The van der Waals surface area contributed by atoms with Crippen LogP contribution >= 0.6 is 0 Å². The first-order valence-corrected chi connectivity index (χ1v) is 10.1. The number of aryl methyl sites for hydroxylation is 2. The number of hydrogen-bond acceptors (Lipinski definition) is 3. The molecule has 1 aromatic heterocycles. The molecule has 0 aliphatic heterocycles. The maximum absolute atomic E-state index is 10.9. The predicted octanol–water partition coefficient (Wildman–Crippen LogP) is 4.35. The number of nitrogens with one attached hydrogen (secondary N) is 1. The lowest BCUT2D eigenvalue weighted by Gasteiger charge is -2.10. The first kappa shape index (κ1) is 19.9. The predicted molar refractivity (Wildman–Crippen MR) is 113 cm³/mol. The van der Waals surface area contributed by atoms with Crippen molar-refractivity contribution in [2.24, 2.45) is 0 Å². The number of imidazole rings is 1. The third-order valence-corrected chi connectivity index (χ3v) is 4.72. The maximum atomic E-state index is 10.9. The summed E-state index contributed by atoms with van der Waals surface area (Å²) in [6.45, 7) is 3.90. The minimum atomic E-state index is 0.0412. The van der Waals surface area contributed by atoms with Gasteiger partial charge in [-0.15, -0.1) is 0 Å². The summed E-state index contributed by atoms with van der Waals surface area (Å²) >= 11 is 0. The number of ether oxygens (including phenoxy) is 1. The van der Waals surface area contributed by atoms with Crippen molar-refractivity contribution in [3.63, 3.8) is 0 Å². The van der Waals surface area contributed by atoms with Crippen LogP contribution in [0.1, 0.15) is 38.4 Å². The number of carbonyl (C=O) groups is 1. The van der Waals surface area contributed by atoms with E-state index in [0.717, 1.165) is 62.3 Å². The molecule has 3 rings (SSSR count). The molecule has 5 heteroatoms. The van der Waals surface area contributed by atoms with E-state index in [0.29, 0.717) is 6.61 Å². The highest BCUT2D eigenvalue weighted by Crippen LogP contribution is 2.18. The van der Waals surface area contributed by atoms with Crippen molar-refractivity contribution in [1.82, 2.24) is 14.9 Å². The van der Waals surface area contributed by atoms with E-state index in [1.807, 2.05) is 36.4 Å². The fourth-order valence-corrected chi connectivity index (χ4v) is 3.34. The van der Waals surface area contributed by atoms with Crippen LogP contribution in [0.15, 0.2) is 54.6 Å². The Morgan fingerprint density at radius 3 is 2.61 bits per heavy atom. The molecule has 0 radical (unpaired) electrons. The smallest absolute Gasteiger partial charge is 0.216 e. The van der Waals surface area contributed by atoms with Gasteiger partial charge in [0.25, 0.3) is 0 Å². The monoisotopic (exact) mass is 379 g/mol. The van der Waals surface area contributed by atoms with Gasteiger partial charge in [0.2, 0.25) is 5.91 Å². The Morgan fingerprint density at radius 2 is 1.79 bits per heavy atom. The summed E-state index contributed by atoms with van der Waals surface area (Å²) < 4.78 is 8.16. The van der Waals surface area contributed by atoms with Crippen molar-refractivity contribution in [2.75, 3.05) is 13.2 Å². The van der Waals surface area contributed by atoms with Gasteiger partial charge in [0.1, 0.15) is 11.6 Å². The quantitative estimate of drug-likeness (QED) is 0.504. The molecular weight excluding hydrogens is 350 g/mol. The molecule has 0 saturated heterocycles. The number of benzene rings is 2. The molecular formula is C23H29N3O2. The van der Waals surface area contributed by atoms with E-state index in [1.54, 1.807) is 6.92 Å². The Hall–Kier alpha value is -2.82. The molecule has 1 N–H and O–H groups in total. The van der Waals surface area contributed by atoms with Crippen LogP contribution in [0.2, 0.25) is 0 Å². The molecule has 0 saturated carbocycles. The van der Waals surface area contributed by atoms with Gasteiger partial charge >= 0.3 is 0 Å². The largest absolute Gasteiger partial charge is 0.494 e. The molecule has 0 aliphatic carbocycles. The second-order valence-electron chi connectivity index (χ2n) is 6.98. The third kappa shape index (κ3) is 5.84. The van der Waals surface area contributed by atoms with Gasteiger partial charge in [0.15, 0.2) is 0 Å². The number of hydrogen-bond donors (Lipinski definition) is 1. The number of para-hydroxylation sites is 3. The van der Waals surface area contributed by atoms with Gasteiger partial charge in [-0.2, -0.15) is 0 Å². The zero-order valence-electron chi connectivity index (χ0n) is 16.6. The highest BCUT2D eigenvalue weighted by molar-refractivity contribution is 5.75. The Bertz CT molecular complexity index is 874. The van der Waals surface area contributed by atoms with E-state index in [-0.39, 0.29) is 5.91 Å². The summed E-state index contributed by atoms with van der Waals surface area (Å²) in [4.78, 5) is 15.8. The first-order chi connectivity index (χ1) is 13.7. The van der Waals surface area contributed by atoms with Crippen LogP contribution in [0, 0.1) is 0 Å². The Balaban J connectivity index is 1.53. The minimum Gasteiger partial charge on any atom is -0.494 e. The van der Waals surface area contributed by atoms with Gasteiger partial charge in [-0.05, 0) is 43.5 Å². The minimum absolute atomic E-state index is 0.0412. The van der Waals surface area contributed by atoms with E-state index in [9.17, 15) is 4.79 Å². The number of unbranched alkanes of at least 4 members (excludes halogenated alkanes) is 2. The topological polar surface area (TPSA) is 56.2 Å². The summed E-state index contributed by atoms with van der Waals surface area (Å²) in [6, 6.07) is 18.3. The van der Waals surface area contributed by atoms with Crippen LogP contribution < -0.4 is 10.1 Å². The Labute approximate surface area is 166 Å². The number of rotatable bonds is 11. The number of carbonyl (C=O) groups excluding carboxylic acids is 1. The van der Waals surface area contributed by atoms with E-state index in [4.69, 9.17) is 9.72 Å². The molecule has 0 bridgehead atoms. The van der Waals surface area contributed by atoms with E-state index in [1.165, 1.54) is 5.52 Å². The van der Waals surface area contributed by atoms with Crippen molar-refractivity contribution in [1.29, 1.82) is 0 Å². The number of amides is 1. The Kier molecular flexibility index (Phi) is 7.47. The number of aromatic nitrogens is 2. The highest BCUT2D eigenvalue weighted by atomic mass is 16.5. The molecule has 0 spiro atoms.